The highest BCUT2D eigenvalue weighted by molar-refractivity contribution is 5.91. The number of esters is 1. The average Bonchev–Trinajstić information content (AvgIpc) is 2.30. The first-order chi connectivity index (χ1) is 8.04. The molecule has 1 aromatic rings. The fourth-order valence-electron chi connectivity index (χ4n) is 1.26. The molecule has 0 aliphatic heterocycles. The van der Waals surface area contributed by atoms with Gasteiger partial charge in [-0.15, -0.1) is 0 Å². The fraction of sp³-hybridized carbons (Fsp3) is 0.231. The molecule has 0 aliphatic carbocycles. The van der Waals surface area contributed by atoms with Crippen LogP contribution in [0.2, 0.25) is 0 Å². The Kier molecular flexibility index (Phi) is 4.29. The van der Waals surface area contributed by atoms with Gasteiger partial charge in [-0.25, -0.2) is 4.79 Å². The number of carbonyl (C=O) groups excluding carboxylic acids is 2. The van der Waals surface area contributed by atoms with Gasteiger partial charge in [0, 0.05) is 5.56 Å². The molecule has 4 nitrogen and oxygen atoms in total. The van der Waals surface area contributed by atoms with E-state index in [1.807, 2.05) is 6.92 Å². The molecule has 0 saturated carbocycles. The summed E-state index contributed by atoms with van der Waals surface area (Å²) in [6.45, 7) is 1.81. The Labute approximate surface area is 99.8 Å². The van der Waals surface area contributed by atoms with Crippen LogP contribution < -0.4 is 5.73 Å². The third-order valence-corrected chi connectivity index (χ3v) is 2.14. The lowest BCUT2D eigenvalue weighted by Crippen LogP contribution is -2.08. The molecular formula is C13H13NO3. The standard InChI is InChI=1S/C13H13NO3/c1-9-6-7-10(4-3-5-12(14)15)8-11(9)13(16)17-2/h6-8H,5H2,1-2H3,(H2,14,15). The molecule has 0 heterocycles. The van der Waals surface area contributed by atoms with Crippen LogP contribution in [-0.2, 0) is 9.53 Å². The lowest BCUT2D eigenvalue weighted by Gasteiger charge is -2.03. The van der Waals surface area contributed by atoms with Crippen molar-refractivity contribution >= 4 is 11.9 Å². The van der Waals surface area contributed by atoms with E-state index in [2.05, 4.69) is 16.6 Å². The van der Waals surface area contributed by atoms with Crippen molar-refractivity contribution < 1.29 is 14.3 Å². The second-order valence-corrected chi connectivity index (χ2v) is 3.47. The third kappa shape index (κ3) is 3.65. The molecule has 0 fully saturated rings. The number of hydrogen-bond donors (Lipinski definition) is 1. The topological polar surface area (TPSA) is 69.4 Å². The van der Waals surface area contributed by atoms with E-state index < -0.39 is 11.9 Å². The number of methoxy groups -OCH3 is 1. The number of hydrogen-bond acceptors (Lipinski definition) is 3. The van der Waals surface area contributed by atoms with Gasteiger partial charge in [0.1, 0.15) is 0 Å². The van der Waals surface area contributed by atoms with Crippen molar-refractivity contribution in [2.75, 3.05) is 7.11 Å². The van der Waals surface area contributed by atoms with Crippen LogP contribution in [0.1, 0.15) is 27.9 Å². The molecule has 0 unspecified atom stereocenters. The Morgan fingerprint density at radius 2 is 2.12 bits per heavy atom. The van der Waals surface area contributed by atoms with Crippen LogP contribution >= 0.6 is 0 Å². The monoisotopic (exact) mass is 231 g/mol. The molecule has 1 amide bonds. The van der Waals surface area contributed by atoms with Crippen molar-refractivity contribution in [2.24, 2.45) is 5.73 Å². The van der Waals surface area contributed by atoms with Crippen LogP contribution in [0.5, 0.6) is 0 Å². The van der Waals surface area contributed by atoms with Crippen molar-refractivity contribution in [3.63, 3.8) is 0 Å². The summed E-state index contributed by atoms with van der Waals surface area (Å²) in [7, 11) is 1.33. The lowest BCUT2D eigenvalue weighted by atomic mass is 10.1. The van der Waals surface area contributed by atoms with Gasteiger partial charge in [-0.2, -0.15) is 0 Å². The summed E-state index contributed by atoms with van der Waals surface area (Å²) in [4.78, 5) is 21.9. The predicted molar refractivity (Wildman–Crippen MR) is 63.2 cm³/mol. The quantitative estimate of drug-likeness (QED) is 0.610. The number of benzene rings is 1. The molecule has 2 N–H and O–H groups in total. The molecule has 0 aliphatic rings. The van der Waals surface area contributed by atoms with Gasteiger partial charge in [0.05, 0.1) is 19.1 Å². The van der Waals surface area contributed by atoms with Gasteiger partial charge in [0.2, 0.25) is 5.91 Å². The summed E-state index contributed by atoms with van der Waals surface area (Å²) in [5.41, 5.74) is 6.90. The van der Waals surface area contributed by atoms with Gasteiger partial charge in [-0.1, -0.05) is 17.9 Å². The number of primary amides is 1. The van der Waals surface area contributed by atoms with Crippen molar-refractivity contribution in [2.45, 2.75) is 13.3 Å². The molecule has 0 aromatic heterocycles. The maximum absolute atomic E-state index is 11.4. The summed E-state index contributed by atoms with van der Waals surface area (Å²) in [5, 5.41) is 0. The van der Waals surface area contributed by atoms with E-state index in [9.17, 15) is 9.59 Å². The number of carbonyl (C=O) groups is 2. The maximum atomic E-state index is 11.4. The number of ether oxygens (including phenoxy) is 1. The highest BCUT2D eigenvalue weighted by Gasteiger charge is 2.08. The minimum absolute atomic E-state index is 0.00142. The van der Waals surface area contributed by atoms with Crippen LogP contribution in [0.25, 0.3) is 0 Å². The van der Waals surface area contributed by atoms with Crippen molar-refractivity contribution in [3.8, 4) is 11.8 Å². The second kappa shape index (κ2) is 5.71. The normalized spacial score (nSPS) is 9.06. The van der Waals surface area contributed by atoms with Crippen LogP contribution in [0.3, 0.4) is 0 Å². The van der Waals surface area contributed by atoms with Gasteiger partial charge in [-0.3, -0.25) is 4.79 Å². The van der Waals surface area contributed by atoms with Gasteiger partial charge in [0.15, 0.2) is 0 Å². The number of nitrogens with two attached hydrogens (primary N) is 1. The number of amides is 1. The zero-order valence-corrected chi connectivity index (χ0v) is 9.74. The molecule has 0 saturated heterocycles. The molecule has 17 heavy (non-hydrogen) atoms. The molecule has 0 atom stereocenters. The van der Waals surface area contributed by atoms with Crippen LogP contribution in [0, 0.1) is 18.8 Å². The van der Waals surface area contributed by atoms with Gasteiger partial charge in [-0.05, 0) is 24.6 Å². The summed E-state index contributed by atoms with van der Waals surface area (Å²) in [5.74, 6) is 4.52. The summed E-state index contributed by atoms with van der Waals surface area (Å²) >= 11 is 0. The van der Waals surface area contributed by atoms with E-state index in [4.69, 9.17) is 5.73 Å². The molecule has 0 radical (unpaired) electrons. The average molecular weight is 231 g/mol. The highest BCUT2D eigenvalue weighted by atomic mass is 16.5. The predicted octanol–water partition coefficient (Wildman–Crippen LogP) is 1.01. The Morgan fingerprint density at radius 1 is 1.41 bits per heavy atom. The molecule has 1 aromatic carbocycles. The molecule has 1 rings (SSSR count). The Bertz CT molecular complexity index is 509. The van der Waals surface area contributed by atoms with Gasteiger partial charge in [0.25, 0.3) is 0 Å². The molecule has 4 heteroatoms. The van der Waals surface area contributed by atoms with Crippen LogP contribution in [0.4, 0.5) is 0 Å². The smallest absolute Gasteiger partial charge is 0.338 e. The van der Waals surface area contributed by atoms with E-state index in [1.54, 1.807) is 18.2 Å². The zero-order chi connectivity index (χ0) is 12.8. The first-order valence-corrected chi connectivity index (χ1v) is 5.00. The summed E-state index contributed by atoms with van der Waals surface area (Å²) in [6.07, 6.45) is 0.00142. The Balaban J connectivity index is 2.99. The molecular weight excluding hydrogens is 218 g/mol. The van der Waals surface area contributed by atoms with E-state index in [0.29, 0.717) is 11.1 Å². The van der Waals surface area contributed by atoms with Crippen molar-refractivity contribution in [3.05, 3.63) is 34.9 Å². The first kappa shape index (κ1) is 12.8. The third-order valence-electron chi connectivity index (χ3n) is 2.14. The maximum Gasteiger partial charge on any atom is 0.338 e. The van der Waals surface area contributed by atoms with E-state index >= 15 is 0 Å². The van der Waals surface area contributed by atoms with Gasteiger partial charge >= 0.3 is 5.97 Å². The summed E-state index contributed by atoms with van der Waals surface area (Å²) in [6, 6.07) is 5.19. The lowest BCUT2D eigenvalue weighted by molar-refractivity contribution is -0.117. The van der Waals surface area contributed by atoms with Gasteiger partial charge < -0.3 is 10.5 Å². The summed E-state index contributed by atoms with van der Waals surface area (Å²) < 4.78 is 4.65. The minimum atomic E-state index is -0.474. The van der Waals surface area contributed by atoms with Crippen molar-refractivity contribution in [1.82, 2.24) is 0 Å². The van der Waals surface area contributed by atoms with E-state index in [0.717, 1.165) is 5.56 Å². The van der Waals surface area contributed by atoms with Crippen LogP contribution in [-0.4, -0.2) is 19.0 Å². The first-order valence-electron chi connectivity index (χ1n) is 5.00. The minimum Gasteiger partial charge on any atom is -0.465 e. The SMILES string of the molecule is COC(=O)c1cc(C#CCC(N)=O)ccc1C. The Hall–Kier alpha value is -2.28. The Morgan fingerprint density at radius 3 is 2.71 bits per heavy atom. The largest absolute Gasteiger partial charge is 0.465 e. The van der Waals surface area contributed by atoms with E-state index in [1.165, 1.54) is 7.11 Å². The number of rotatable bonds is 2. The van der Waals surface area contributed by atoms with E-state index in [-0.39, 0.29) is 6.42 Å². The second-order valence-electron chi connectivity index (χ2n) is 3.47. The molecule has 0 bridgehead atoms. The fourth-order valence-corrected chi connectivity index (χ4v) is 1.26. The zero-order valence-electron chi connectivity index (χ0n) is 9.74. The van der Waals surface area contributed by atoms with Crippen molar-refractivity contribution in [1.29, 1.82) is 0 Å². The number of aryl methyl sites for hydroxylation is 1. The molecule has 88 valence electrons. The highest BCUT2D eigenvalue weighted by Crippen LogP contribution is 2.11. The van der Waals surface area contributed by atoms with Crippen LogP contribution in [0.15, 0.2) is 18.2 Å². The molecule has 0 spiro atoms.